The van der Waals surface area contributed by atoms with Crippen molar-refractivity contribution >= 4 is 17.6 Å². The molecule has 1 aromatic rings. The van der Waals surface area contributed by atoms with Gasteiger partial charge in [-0.3, -0.25) is 4.79 Å². The Bertz CT molecular complexity index is 390. The first-order valence-electron chi connectivity index (χ1n) is 6.61. The highest BCUT2D eigenvalue weighted by atomic mass is 32.1. The predicted molar refractivity (Wildman–Crippen MR) is 73.1 cm³/mol. The van der Waals surface area contributed by atoms with E-state index in [1.54, 1.807) is 0 Å². The summed E-state index contributed by atoms with van der Waals surface area (Å²) >= 11 is 0.999. The Morgan fingerprint density at radius 2 is 2.37 bits per heavy atom. The molecule has 0 radical (unpaired) electrons. The molecule has 6 nitrogen and oxygen atoms in total. The summed E-state index contributed by atoms with van der Waals surface area (Å²) in [6, 6.07) is 0. The van der Waals surface area contributed by atoms with Crippen molar-refractivity contribution in [2.75, 3.05) is 26.2 Å². The minimum atomic E-state index is -0.538. The van der Waals surface area contributed by atoms with E-state index in [9.17, 15) is 9.90 Å². The standard InChI is InChI=1S/C12H20N4O2S/c1-9-2-4-16(5-3-9)8-10(17)6-13-12(18)11-7-14-19-15-11/h7,9-10,17H,2-6,8H2,1H3,(H,13,18). The van der Waals surface area contributed by atoms with Crippen molar-refractivity contribution in [3.05, 3.63) is 11.9 Å². The van der Waals surface area contributed by atoms with Gasteiger partial charge in [0.2, 0.25) is 0 Å². The minimum Gasteiger partial charge on any atom is -0.390 e. The molecule has 1 aromatic heterocycles. The van der Waals surface area contributed by atoms with Crippen LogP contribution in [0.5, 0.6) is 0 Å². The van der Waals surface area contributed by atoms with Crippen molar-refractivity contribution in [2.45, 2.75) is 25.9 Å². The molecule has 1 aliphatic heterocycles. The molecule has 1 atom stereocenters. The monoisotopic (exact) mass is 284 g/mol. The third kappa shape index (κ3) is 4.52. The number of piperidine rings is 1. The molecule has 1 aliphatic rings. The molecule has 0 aromatic carbocycles. The van der Waals surface area contributed by atoms with Crippen LogP contribution in [-0.4, -0.2) is 56.9 Å². The van der Waals surface area contributed by atoms with Gasteiger partial charge in [-0.05, 0) is 31.8 Å². The molecule has 0 saturated carbocycles. The molecule has 0 aliphatic carbocycles. The second-order valence-corrected chi connectivity index (χ2v) is 5.70. The van der Waals surface area contributed by atoms with E-state index in [4.69, 9.17) is 0 Å². The van der Waals surface area contributed by atoms with Crippen LogP contribution >= 0.6 is 11.7 Å². The fourth-order valence-corrected chi connectivity index (χ4v) is 2.59. The summed E-state index contributed by atoms with van der Waals surface area (Å²) in [4.78, 5) is 13.9. The first-order valence-corrected chi connectivity index (χ1v) is 7.34. The summed E-state index contributed by atoms with van der Waals surface area (Å²) in [5.41, 5.74) is 0.309. The summed E-state index contributed by atoms with van der Waals surface area (Å²) in [6.45, 7) is 5.19. The van der Waals surface area contributed by atoms with Gasteiger partial charge in [-0.15, -0.1) is 0 Å². The Balaban J connectivity index is 1.67. The topological polar surface area (TPSA) is 78.4 Å². The van der Waals surface area contributed by atoms with E-state index < -0.39 is 6.10 Å². The predicted octanol–water partition coefficient (Wildman–Crippen LogP) is 0.361. The summed E-state index contributed by atoms with van der Waals surface area (Å²) in [5, 5.41) is 12.6. The lowest BCUT2D eigenvalue weighted by molar-refractivity contribution is 0.0793. The van der Waals surface area contributed by atoms with Crippen LogP contribution in [0.25, 0.3) is 0 Å². The van der Waals surface area contributed by atoms with E-state index in [1.807, 2.05) is 0 Å². The van der Waals surface area contributed by atoms with Gasteiger partial charge < -0.3 is 15.3 Å². The highest BCUT2D eigenvalue weighted by Gasteiger charge is 2.19. The van der Waals surface area contributed by atoms with Gasteiger partial charge in [-0.2, -0.15) is 8.75 Å². The second-order valence-electron chi connectivity index (χ2n) is 5.14. The molecule has 1 fully saturated rings. The summed E-state index contributed by atoms with van der Waals surface area (Å²) in [6.07, 6.45) is 3.26. The van der Waals surface area contributed by atoms with Crippen molar-refractivity contribution in [3.8, 4) is 0 Å². The second kappa shape index (κ2) is 6.93. The molecular formula is C12H20N4O2S. The number of aromatic nitrogens is 2. The maximum Gasteiger partial charge on any atom is 0.272 e. The number of rotatable bonds is 5. The maximum atomic E-state index is 11.6. The molecule has 1 amide bonds. The Kier molecular flexibility index (Phi) is 5.24. The number of amides is 1. The molecule has 2 heterocycles. The molecule has 0 bridgehead atoms. The van der Waals surface area contributed by atoms with E-state index in [0.29, 0.717) is 12.2 Å². The van der Waals surface area contributed by atoms with Crippen LogP contribution in [0.15, 0.2) is 6.20 Å². The number of aliphatic hydroxyl groups excluding tert-OH is 1. The van der Waals surface area contributed by atoms with Gasteiger partial charge in [0.1, 0.15) is 0 Å². The van der Waals surface area contributed by atoms with Crippen LogP contribution in [0.2, 0.25) is 0 Å². The third-order valence-corrected chi connectivity index (χ3v) is 3.92. The van der Waals surface area contributed by atoms with E-state index in [1.165, 1.54) is 19.0 Å². The zero-order valence-electron chi connectivity index (χ0n) is 11.1. The normalized spacial score (nSPS) is 19.3. The number of hydrogen-bond acceptors (Lipinski definition) is 6. The molecular weight excluding hydrogens is 264 g/mol. The van der Waals surface area contributed by atoms with Crippen LogP contribution in [0.3, 0.4) is 0 Å². The molecule has 2 rings (SSSR count). The maximum absolute atomic E-state index is 11.6. The molecule has 7 heteroatoms. The summed E-state index contributed by atoms with van der Waals surface area (Å²) in [5.74, 6) is 0.505. The number of likely N-dealkylation sites (tertiary alicyclic amines) is 1. The lowest BCUT2D eigenvalue weighted by atomic mass is 9.99. The highest BCUT2D eigenvalue weighted by molar-refractivity contribution is 6.99. The largest absolute Gasteiger partial charge is 0.390 e. The highest BCUT2D eigenvalue weighted by Crippen LogP contribution is 2.15. The van der Waals surface area contributed by atoms with E-state index in [0.717, 1.165) is 30.7 Å². The van der Waals surface area contributed by atoms with Crippen LogP contribution in [0.4, 0.5) is 0 Å². The lowest BCUT2D eigenvalue weighted by Gasteiger charge is -2.31. The SMILES string of the molecule is CC1CCN(CC(O)CNC(=O)c2cnsn2)CC1. The number of hydrogen-bond donors (Lipinski definition) is 2. The minimum absolute atomic E-state index is 0.252. The van der Waals surface area contributed by atoms with Crippen LogP contribution < -0.4 is 5.32 Å². The van der Waals surface area contributed by atoms with Crippen molar-refractivity contribution < 1.29 is 9.90 Å². The van der Waals surface area contributed by atoms with Crippen molar-refractivity contribution in [2.24, 2.45) is 5.92 Å². The van der Waals surface area contributed by atoms with Gasteiger partial charge in [-0.25, -0.2) is 0 Å². The number of carbonyl (C=O) groups is 1. The van der Waals surface area contributed by atoms with Crippen LogP contribution in [0.1, 0.15) is 30.3 Å². The van der Waals surface area contributed by atoms with Crippen LogP contribution in [-0.2, 0) is 0 Å². The van der Waals surface area contributed by atoms with Gasteiger partial charge in [0, 0.05) is 13.1 Å². The summed E-state index contributed by atoms with van der Waals surface area (Å²) < 4.78 is 7.61. The van der Waals surface area contributed by atoms with E-state index >= 15 is 0 Å². The van der Waals surface area contributed by atoms with Crippen molar-refractivity contribution in [3.63, 3.8) is 0 Å². The van der Waals surface area contributed by atoms with Gasteiger partial charge in [-0.1, -0.05) is 6.92 Å². The molecule has 1 saturated heterocycles. The average molecular weight is 284 g/mol. The van der Waals surface area contributed by atoms with Crippen molar-refractivity contribution in [1.29, 1.82) is 0 Å². The number of nitrogens with zero attached hydrogens (tertiary/aromatic N) is 3. The number of aliphatic hydroxyl groups is 1. The molecule has 106 valence electrons. The van der Waals surface area contributed by atoms with E-state index in [2.05, 4.69) is 25.9 Å². The smallest absolute Gasteiger partial charge is 0.272 e. The lowest BCUT2D eigenvalue weighted by Crippen LogP contribution is -2.43. The molecule has 2 N–H and O–H groups in total. The molecule has 0 spiro atoms. The molecule has 1 unspecified atom stereocenters. The van der Waals surface area contributed by atoms with Gasteiger partial charge >= 0.3 is 0 Å². The average Bonchev–Trinajstić information content (AvgIpc) is 2.93. The van der Waals surface area contributed by atoms with Gasteiger partial charge in [0.05, 0.1) is 24.0 Å². The van der Waals surface area contributed by atoms with Crippen LogP contribution in [0, 0.1) is 5.92 Å². The number of nitrogens with one attached hydrogen (secondary N) is 1. The third-order valence-electron chi connectivity index (χ3n) is 3.44. The van der Waals surface area contributed by atoms with Crippen molar-refractivity contribution in [1.82, 2.24) is 19.0 Å². The number of carbonyl (C=O) groups excluding carboxylic acids is 1. The Labute approximate surface area is 117 Å². The number of β-amino-alcohol motifs (C(OH)–C–C–N with tert-alkyl or cyclic N) is 1. The zero-order valence-corrected chi connectivity index (χ0v) is 11.9. The first kappa shape index (κ1) is 14.4. The zero-order chi connectivity index (χ0) is 13.7. The molecule has 19 heavy (non-hydrogen) atoms. The summed E-state index contributed by atoms with van der Waals surface area (Å²) in [7, 11) is 0. The van der Waals surface area contributed by atoms with Gasteiger partial charge in [0.15, 0.2) is 5.69 Å². The fraction of sp³-hybridized carbons (Fsp3) is 0.750. The Hall–Kier alpha value is -1.05. The first-order chi connectivity index (χ1) is 9.15. The Morgan fingerprint density at radius 1 is 1.63 bits per heavy atom. The Morgan fingerprint density at radius 3 is 3.00 bits per heavy atom. The van der Waals surface area contributed by atoms with Gasteiger partial charge in [0.25, 0.3) is 5.91 Å². The van der Waals surface area contributed by atoms with E-state index in [-0.39, 0.29) is 12.5 Å². The fourth-order valence-electron chi connectivity index (χ4n) is 2.17. The quantitative estimate of drug-likeness (QED) is 0.816.